The predicted octanol–water partition coefficient (Wildman–Crippen LogP) is 1.65. The van der Waals surface area contributed by atoms with Gasteiger partial charge in [-0.3, -0.25) is 0 Å². The number of hydrogen-bond donors (Lipinski definition) is 1. The van der Waals surface area contributed by atoms with Crippen LogP contribution in [0.2, 0.25) is 0 Å². The maximum atomic E-state index is 5.50. The number of benzene rings is 1. The van der Waals surface area contributed by atoms with Gasteiger partial charge in [-0.15, -0.1) is 0 Å². The Kier molecular flexibility index (Phi) is 3.67. The fourth-order valence-corrected chi connectivity index (χ4v) is 1.65. The van der Waals surface area contributed by atoms with Gasteiger partial charge in [-0.25, -0.2) is 9.97 Å². The standard InChI is InChI=1S/C13H15N3O/c1-17-12-5-3-2-4-10(12)11-7-9-15-13(16-11)6-8-14/h2-5,7,9H,6,8,14H2,1H3. The van der Waals surface area contributed by atoms with Crippen LogP contribution in [0.5, 0.6) is 5.75 Å². The van der Waals surface area contributed by atoms with Crippen molar-refractivity contribution in [2.75, 3.05) is 13.7 Å². The number of ether oxygens (including phenoxy) is 1. The Morgan fingerprint density at radius 3 is 2.82 bits per heavy atom. The van der Waals surface area contributed by atoms with Crippen LogP contribution >= 0.6 is 0 Å². The highest BCUT2D eigenvalue weighted by Gasteiger charge is 2.06. The molecule has 0 amide bonds. The SMILES string of the molecule is COc1ccccc1-c1ccnc(CCN)n1. The van der Waals surface area contributed by atoms with Crippen LogP contribution in [0, 0.1) is 0 Å². The van der Waals surface area contributed by atoms with Gasteiger partial charge in [-0.1, -0.05) is 12.1 Å². The van der Waals surface area contributed by atoms with E-state index in [9.17, 15) is 0 Å². The number of aromatic nitrogens is 2. The van der Waals surface area contributed by atoms with Gasteiger partial charge in [0.25, 0.3) is 0 Å². The van der Waals surface area contributed by atoms with Crippen molar-refractivity contribution in [2.24, 2.45) is 5.73 Å². The first-order chi connectivity index (χ1) is 8.35. The molecular weight excluding hydrogens is 214 g/mol. The lowest BCUT2D eigenvalue weighted by Crippen LogP contribution is -2.06. The Bertz CT molecular complexity index is 500. The molecule has 2 N–H and O–H groups in total. The Hall–Kier alpha value is -1.94. The van der Waals surface area contributed by atoms with Crippen molar-refractivity contribution in [1.29, 1.82) is 0 Å². The van der Waals surface area contributed by atoms with Crippen LogP contribution in [0.3, 0.4) is 0 Å². The van der Waals surface area contributed by atoms with Crippen LogP contribution in [0.25, 0.3) is 11.3 Å². The highest BCUT2D eigenvalue weighted by atomic mass is 16.5. The molecule has 0 atom stereocenters. The average Bonchev–Trinajstić information content (AvgIpc) is 2.39. The van der Waals surface area contributed by atoms with Crippen molar-refractivity contribution in [3.8, 4) is 17.0 Å². The normalized spacial score (nSPS) is 10.2. The second-order valence-electron chi connectivity index (χ2n) is 3.60. The van der Waals surface area contributed by atoms with E-state index in [4.69, 9.17) is 10.5 Å². The van der Waals surface area contributed by atoms with Crippen molar-refractivity contribution in [1.82, 2.24) is 9.97 Å². The molecule has 0 unspecified atom stereocenters. The zero-order chi connectivity index (χ0) is 12.1. The van der Waals surface area contributed by atoms with Crippen molar-refractivity contribution >= 4 is 0 Å². The van der Waals surface area contributed by atoms with E-state index in [1.807, 2.05) is 30.3 Å². The summed E-state index contributed by atoms with van der Waals surface area (Å²) < 4.78 is 5.31. The first-order valence-corrected chi connectivity index (χ1v) is 5.50. The maximum absolute atomic E-state index is 5.50. The third-order valence-corrected chi connectivity index (χ3v) is 2.46. The molecule has 17 heavy (non-hydrogen) atoms. The van der Waals surface area contributed by atoms with Gasteiger partial charge in [0.05, 0.1) is 12.8 Å². The van der Waals surface area contributed by atoms with Gasteiger partial charge in [0.1, 0.15) is 11.6 Å². The Morgan fingerprint density at radius 2 is 2.06 bits per heavy atom. The van der Waals surface area contributed by atoms with Crippen LogP contribution in [-0.2, 0) is 6.42 Å². The summed E-state index contributed by atoms with van der Waals surface area (Å²) in [6.45, 7) is 0.551. The molecule has 4 heteroatoms. The summed E-state index contributed by atoms with van der Waals surface area (Å²) in [4.78, 5) is 8.65. The van der Waals surface area contributed by atoms with Crippen molar-refractivity contribution in [2.45, 2.75) is 6.42 Å². The molecular formula is C13H15N3O. The minimum Gasteiger partial charge on any atom is -0.496 e. The number of para-hydroxylation sites is 1. The predicted molar refractivity (Wildman–Crippen MR) is 66.8 cm³/mol. The molecule has 0 saturated carbocycles. The topological polar surface area (TPSA) is 61.0 Å². The molecule has 0 bridgehead atoms. The van der Waals surface area contributed by atoms with Gasteiger partial charge in [-0.05, 0) is 24.7 Å². The van der Waals surface area contributed by atoms with E-state index in [1.54, 1.807) is 13.3 Å². The second-order valence-corrected chi connectivity index (χ2v) is 3.60. The minimum absolute atomic E-state index is 0.551. The molecule has 0 saturated heterocycles. The number of methoxy groups -OCH3 is 1. The maximum Gasteiger partial charge on any atom is 0.130 e. The fraction of sp³-hybridized carbons (Fsp3) is 0.231. The molecule has 1 aromatic carbocycles. The number of nitrogens with two attached hydrogens (primary N) is 1. The number of rotatable bonds is 4. The molecule has 2 rings (SSSR count). The molecule has 0 radical (unpaired) electrons. The molecule has 1 aromatic heterocycles. The number of hydrogen-bond acceptors (Lipinski definition) is 4. The average molecular weight is 229 g/mol. The van der Waals surface area contributed by atoms with Crippen LogP contribution in [0.4, 0.5) is 0 Å². The monoisotopic (exact) mass is 229 g/mol. The Labute approximate surface area is 100 Å². The summed E-state index contributed by atoms with van der Waals surface area (Å²) in [5.74, 6) is 1.57. The summed E-state index contributed by atoms with van der Waals surface area (Å²) >= 11 is 0. The highest BCUT2D eigenvalue weighted by molar-refractivity contribution is 5.66. The van der Waals surface area contributed by atoms with Gasteiger partial charge in [0.15, 0.2) is 0 Å². The van der Waals surface area contributed by atoms with Crippen LogP contribution in [0.1, 0.15) is 5.82 Å². The first-order valence-electron chi connectivity index (χ1n) is 5.50. The largest absolute Gasteiger partial charge is 0.496 e. The summed E-state index contributed by atoms with van der Waals surface area (Å²) in [5.41, 5.74) is 7.33. The third-order valence-electron chi connectivity index (χ3n) is 2.46. The lowest BCUT2D eigenvalue weighted by molar-refractivity contribution is 0.416. The van der Waals surface area contributed by atoms with E-state index in [0.717, 1.165) is 22.8 Å². The van der Waals surface area contributed by atoms with Gasteiger partial charge in [-0.2, -0.15) is 0 Å². The summed E-state index contributed by atoms with van der Waals surface area (Å²) in [5, 5.41) is 0. The first kappa shape index (κ1) is 11.5. The lowest BCUT2D eigenvalue weighted by atomic mass is 10.1. The van der Waals surface area contributed by atoms with Gasteiger partial charge in [0.2, 0.25) is 0 Å². The molecule has 0 aliphatic carbocycles. The molecule has 1 heterocycles. The van der Waals surface area contributed by atoms with Gasteiger partial charge in [0, 0.05) is 18.2 Å². The van der Waals surface area contributed by atoms with Crippen LogP contribution in [-0.4, -0.2) is 23.6 Å². The van der Waals surface area contributed by atoms with Crippen LogP contribution in [0.15, 0.2) is 36.5 Å². The van der Waals surface area contributed by atoms with E-state index >= 15 is 0 Å². The smallest absolute Gasteiger partial charge is 0.130 e. The lowest BCUT2D eigenvalue weighted by Gasteiger charge is -2.08. The van der Waals surface area contributed by atoms with Crippen LogP contribution < -0.4 is 10.5 Å². The van der Waals surface area contributed by atoms with E-state index in [0.29, 0.717) is 13.0 Å². The van der Waals surface area contributed by atoms with E-state index < -0.39 is 0 Å². The molecule has 88 valence electrons. The zero-order valence-corrected chi connectivity index (χ0v) is 9.76. The molecule has 4 nitrogen and oxygen atoms in total. The zero-order valence-electron chi connectivity index (χ0n) is 9.76. The minimum atomic E-state index is 0.551. The van der Waals surface area contributed by atoms with Crippen molar-refractivity contribution in [3.63, 3.8) is 0 Å². The molecule has 2 aromatic rings. The quantitative estimate of drug-likeness (QED) is 0.866. The Balaban J connectivity index is 2.41. The molecule has 0 spiro atoms. The third kappa shape index (κ3) is 2.60. The van der Waals surface area contributed by atoms with E-state index in [-0.39, 0.29) is 0 Å². The molecule has 0 aliphatic heterocycles. The van der Waals surface area contributed by atoms with Gasteiger partial charge >= 0.3 is 0 Å². The summed E-state index contributed by atoms with van der Waals surface area (Å²) in [7, 11) is 1.65. The second kappa shape index (κ2) is 5.41. The highest BCUT2D eigenvalue weighted by Crippen LogP contribution is 2.27. The van der Waals surface area contributed by atoms with E-state index in [1.165, 1.54) is 0 Å². The fourth-order valence-electron chi connectivity index (χ4n) is 1.65. The summed E-state index contributed by atoms with van der Waals surface area (Å²) in [6, 6.07) is 9.66. The van der Waals surface area contributed by atoms with E-state index in [2.05, 4.69) is 9.97 Å². The summed E-state index contributed by atoms with van der Waals surface area (Å²) in [6.07, 6.45) is 2.43. The molecule has 0 aliphatic rings. The Morgan fingerprint density at radius 1 is 1.24 bits per heavy atom. The van der Waals surface area contributed by atoms with Crippen molar-refractivity contribution < 1.29 is 4.74 Å². The number of nitrogens with zero attached hydrogens (tertiary/aromatic N) is 2. The van der Waals surface area contributed by atoms with Gasteiger partial charge < -0.3 is 10.5 Å². The van der Waals surface area contributed by atoms with Crippen molar-refractivity contribution in [3.05, 3.63) is 42.4 Å². The molecule has 0 fully saturated rings.